The topological polar surface area (TPSA) is 137 Å². The number of carboxylic acids is 1. The van der Waals surface area contributed by atoms with Crippen molar-refractivity contribution in [2.45, 2.75) is 6.42 Å². The number of H-pyrrole nitrogens is 3. The van der Waals surface area contributed by atoms with Gasteiger partial charge in [0.25, 0.3) is 0 Å². The lowest BCUT2D eigenvalue weighted by Crippen LogP contribution is -2.16. The second-order valence-electron chi connectivity index (χ2n) is 7.90. The van der Waals surface area contributed by atoms with Gasteiger partial charge in [-0.15, -0.1) is 8.42 Å². The molecule has 10 heteroatoms. The highest BCUT2D eigenvalue weighted by atomic mass is 32.3. The summed E-state index contributed by atoms with van der Waals surface area (Å²) in [6.07, 6.45) is 4.80. The van der Waals surface area contributed by atoms with Crippen molar-refractivity contribution in [1.82, 2.24) is 15.0 Å². The molecule has 0 saturated heterocycles. The minimum absolute atomic E-state index is 0.0734. The molecule has 0 saturated carbocycles. The fourth-order valence-corrected chi connectivity index (χ4v) is 4.66. The Bertz CT molecular complexity index is 1700. The molecule has 0 atom stereocenters. The predicted octanol–water partition coefficient (Wildman–Crippen LogP) is 5.15. The Hall–Kier alpha value is -4.70. The number of aromatic nitrogens is 3. The number of hydrogen-bond donors (Lipinski definition) is 4. The van der Waals surface area contributed by atoms with E-state index in [1.165, 1.54) is 12.4 Å². The fraction of sp³-hybridized carbons (Fsp3) is 0.0385. The molecule has 6 rings (SSSR count). The van der Waals surface area contributed by atoms with Crippen LogP contribution in [0.1, 0.15) is 5.56 Å². The number of carbonyl (C=O) groups is 1. The molecule has 0 unspecified atom stereocenters. The van der Waals surface area contributed by atoms with Gasteiger partial charge in [-0.05, 0) is 35.9 Å². The lowest BCUT2D eigenvalue weighted by atomic mass is 10.1. The summed E-state index contributed by atoms with van der Waals surface area (Å²) >= 11 is 0. The molecule has 9 nitrogen and oxygen atoms in total. The molecule has 36 heavy (non-hydrogen) atoms. The van der Waals surface area contributed by atoms with Crippen molar-refractivity contribution < 1.29 is 26.7 Å². The predicted molar refractivity (Wildman–Crippen MR) is 136 cm³/mol. The van der Waals surface area contributed by atoms with Crippen LogP contribution < -0.4 is 8.37 Å². The van der Waals surface area contributed by atoms with E-state index >= 15 is 0 Å². The number of carboxylic acid groups (broad SMARTS) is 1. The van der Waals surface area contributed by atoms with Crippen LogP contribution in [-0.2, 0) is 21.6 Å². The Labute approximate surface area is 205 Å². The second-order valence-corrected chi connectivity index (χ2v) is 9.05. The number of benzene rings is 3. The maximum Gasteiger partial charge on any atom is 0.501 e. The summed E-state index contributed by atoms with van der Waals surface area (Å²) in [5, 5.41) is 11.0. The van der Waals surface area contributed by atoms with Gasteiger partial charge in [-0.25, -0.2) is 0 Å². The minimum Gasteiger partial charge on any atom is -0.481 e. The smallest absolute Gasteiger partial charge is 0.481 e. The fourth-order valence-electron chi connectivity index (χ4n) is 3.91. The molecule has 0 aliphatic carbocycles. The summed E-state index contributed by atoms with van der Waals surface area (Å²) in [7, 11) is -4.25. The van der Waals surface area contributed by atoms with Gasteiger partial charge >= 0.3 is 16.4 Å². The van der Waals surface area contributed by atoms with Crippen molar-refractivity contribution in [2.75, 3.05) is 0 Å². The Morgan fingerprint density at radius 3 is 1.58 bits per heavy atom. The van der Waals surface area contributed by atoms with Gasteiger partial charge < -0.3 is 28.4 Å². The van der Waals surface area contributed by atoms with Crippen LogP contribution in [0.3, 0.4) is 0 Å². The zero-order chi connectivity index (χ0) is 25.1. The first kappa shape index (κ1) is 23.1. The van der Waals surface area contributed by atoms with E-state index in [0.717, 1.165) is 27.5 Å². The van der Waals surface area contributed by atoms with Gasteiger partial charge in [0, 0.05) is 51.3 Å². The van der Waals surface area contributed by atoms with E-state index in [-0.39, 0.29) is 17.9 Å². The average molecular weight is 504 g/mol. The van der Waals surface area contributed by atoms with E-state index < -0.39 is 16.4 Å². The molecule has 0 fully saturated rings. The van der Waals surface area contributed by atoms with E-state index in [2.05, 4.69) is 15.0 Å². The van der Waals surface area contributed by atoms with Crippen molar-refractivity contribution in [2.24, 2.45) is 0 Å². The van der Waals surface area contributed by atoms with Gasteiger partial charge in [-0.3, -0.25) is 4.79 Å². The summed E-state index contributed by atoms with van der Waals surface area (Å²) in [5.41, 5.74) is 3.39. The molecular weight excluding hydrogens is 482 g/mol. The summed E-state index contributed by atoms with van der Waals surface area (Å²) in [4.78, 5) is 19.4. The second kappa shape index (κ2) is 9.51. The maximum absolute atomic E-state index is 12.2. The largest absolute Gasteiger partial charge is 0.501 e. The molecule has 6 aromatic rings. The molecule has 0 spiro atoms. The molecule has 3 aromatic heterocycles. The Morgan fingerprint density at radius 2 is 1.08 bits per heavy atom. The van der Waals surface area contributed by atoms with Gasteiger partial charge in [-0.1, -0.05) is 42.5 Å². The zero-order valence-corrected chi connectivity index (χ0v) is 19.6. The summed E-state index contributed by atoms with van der Waals surface area (Å²) in [6, 6.07) is 22.2. The average Bonchev–Trinajstić information content (AvgIpc) is 3.57. The van der Waals surface area contributed by atoms with Gasteiger partial charge in [-0.2, -0.15) is 0 Å². The molecule has 182 valence electrons. The van der Waals surface area contributed by atoms with Crippen LogP contribution in [0.5, 0.6) is 11.5 Å². The molecular formula is C26H21N3O6S. The lowest BCUT2D eigenvalue weighted by molar-refractivity contribution is -0.136. The van der Waals surface area contributed by atoms with Gasteiger partial charge in [0.05, 0.1) is 6.42 Å². The highest BCUT2D eigenvalue weighted by Crippen LogP contribution is 2.29. The van der Waals surface area contributed by atoms with Crippen LogP contribution in [0.25, 0.3) is 32.7 Å². The SMILES string of the molecule is O=C(O)Cc1c[nH]c2ccccc12.O=S(=O)(Oc1c[nH]c2ccccc12)Oc1c[nH]c2ccccc12. The first-order valence-electron chi connectivity index (χ1n) is 10.9. The number of nitrogens with one attached hydrogen (secondary N) is 3. The third-order valence-corrected chi connectivity index (χ3v) is 6.27. The number of aliphatic carboxylic acids is 1. The van der Waals surface area contributed by atoms with Crippen molar-refractivity contribution in [3.05, 3.63) is 97.0 Å². The highest BCUT2D eigenvalue weighted by molar-refractivity contribution is 7.82. The van der Waals surface area contributed by atoms with Gasteiger partial charge in [0.1, 0.15) is 0 Å². The normalized spacial score (nSPS) is 11.3. The van der Waals surface area contributed by atoms with Crippen LogP contribution >= 0.6 is 0 Å². The summed E-state index contributed by atoms with van der Waals surface area (Å²) < 4.78 is 34.5. The van der Waals surface area contributed by atoms with E-state index in [0.29, 0.717) is 10.8 Å². The monoisotopic (exact) mass is 503 g/mol. The maximum atomic E-state index is 12.2. The molecule has 3 aromatic carbocycles. The van der Waals surface area contributed by atoms with Gasteiger partial charge in [0.15, 0.2) is 11.5 Å². The quantitative estimate of drug-likeness (QED) is 0.248. The van der Waals surface area contributed by atoms with E-state index in [1.54, 1.807) is 30.5 Å². The van der Waals surface area contributed by atoms with Gasteiger partial charge in [0.2, 0.25) is 0 Å². The van der Waals surface area contributed by atoms with E-state index in [1.807, 2.05) is 48.5 Å². The number of aromatic amines is 3. The number of hydrogen-bond acceptors (Lipinski definition) is 5. The zero-order valence-electron chi connectivity index (χ0n) is 18.8. The molecule has 0 aliphatic heterocycles. The summed E-state index contributed by atoms with van der Waals surface area (Å²) in [5.74, 6) is -0.411. The number of rotatable bonds is 6. The van der Waals surface area contributed by atoms with E-state index in [9.17, 15) is 13.2 Å². The minimum atomic E-state index is -4.25. The van der Waals surface area contributed by atoms with Crippen molar-refractivity contribution in [1.29, 1.82) is 0 Å². The first-order valence-corrected chi connectivity index (χ1v) is 12.3. The van der Waals surface area contributed by atoms with Crippen molar-refractivity contribution in [3.8, 4) is 11.5 Å². The number of fused-ring (bicyclic) bond motifs is 3. The van der Waals surface area contributed by atoms with Crippen LogP contribution in [0.2, 0.25) is 0 Å². The van der Waals surface area contributed by atoms with Crippen LogP contribution in [0, 0.1) is 0 Å². The molecule has 0 bridgehead atoms. The number of para-hydroxylation sites is 3. The molecule has 0 aliphatic rings. The first-order chi connectivity index (χ1) is 17.4. The van der Waals surface area contributed by atoms with Crippen molar-refractivity contribution >= 4 is 49.1 Å². The molecule has 3 heterocycles. The van der Waals surface area contributed by atoms with Crippen LogP contribution in [-0.4, -0.2) is 34.4 Å². The molecule has 0 amide bonds. The van der Waals surface area contributed by atoms with E-state index in [4.69, 9.17) is 13.5 Å². The standard InChI is InChI=1S/C16H12N2O4S.C10H9NO2/c19-23(20,21-15-9-17-13-7-3-1-5-11(13)15)22-16-10-18-14-8-4-2-6-12(14)16;12-10(13)5-7-6-11-9-4-2-1-3-8(7)9/h1-10,17-18H;1-4,6,11H,5H2,(H,12,13). The van der Waals surface area contributed by atoms with Crippen LogP contribution in [0.15, 0.2) is 91.4 Å². The Kier molecular flexibility index (Phi) is 6.09. The van der Waals surface area contributed by atoms with Crippen molar-refractivity contribution in [3.63, 3.8) is 0 Å². The lowest BCUT2D eigenvalue weighted by Gasteiger charge is -2.06. The molecule has 4 N–H and O–H groups in total. The highest BCUT2D eigenvalue weighted by Gasteiger charge is 2.20. The van der Waals surface area contributed by atoms with Crippen LogP contribution in [0.4, 0.5) is 0 Å². The Balaban J connectivity index is 0.000000174. The summed E-state index contributed by atoms with van der Waals surface area (Å²) in [6.45, 7) is 0. The third-order valence-electron chi connectivity index (χ3n) is 5.50. The third kappa shape index (κ3) is 4.89. The molecule has 0 radical (unpaired) electrons. The Morgan fingerprint density at radius 1 is 0.667 bits per heavy atom.